The lowest BCUT2D eigenvalue weighted by Gasteiger charge is -2.26. The molecule has 0 spiro atoms. The van der Waals surface area contributed by atoms with Crippen molar-refractivity contribution in [2.24, 2.45) is 0 Å². The van der Waals surface area contributed by atoms with Gasteiger partial charge in [0.2, 0.25) is 15.9 Å². The van der Waals surface area contributed by atoms with Crippen LogP contribution in [-0.2, 0) is 21.4 Å². The summed E-state index contributed by atoms with van der Waals surface area (Å²) in [5, 5.41) is 2.93. The van der Waals surface area contributed by atoms with Crippen LogP contribution in [0.25, 0.3) is 0 Å². The predicted octanol–water partition coefficient (Wildman–Crippen LogP) is 2.70. The standard InChI is InChI=1S/C17H15ClF2N2O3S/c18-12-2-5-14(6-3-12)26(24,25)22(16-7-8-21-17(16)23)10-11-1-4-13(19)9-15(11)20/h1-6,9,16H,7-8,10H2,(H,21,23). The Morgan fingerprint density at radius 2 is 1.85 bits per heavy atom. The van der Waals surface area contributed by atoms with Crippen LogP contribution in [0.3, 0.4) is 0 Å². The Morgan fingerprint density at radius 1 is 1.15 bits per heavy atom. The Labute approximate surface area is 154 Å². The molecule has 1 fully saturated rings. The van der Waals surface area contributed by atoms with Gasteiger partial charge in [0.05, 0.1) is 4.90 Å². The Morgan fingerprint density at radius 3 is 2.42 bits per heavy atom. The lowest BCUT2D eigenvalue weighted by atomic mass is 10.2. The highest BCUT2D eigenvalue weighted by atomic mass is 35.5. The molecule has 1 aliphatic rings. The summed E-state index contributed by atoms with van der Waals surface area (Å²) < 4.78 is 54.3. The van der Waals surface area contributed by atoms with E-state index < -0.39 is 40.2 Å². The normalized spacial score (nSPS) is 17.5. The van der Waals surface area contributed by atoms with Crippen molar-refractivity contribution in [2.75, 3.05) is 6.54 Å². The van der Waals surface area contributed by atoms with E-state index in [0.29, 0.717) is 17.6 Å². The SMILES string of the molecule is O=C1NCCC1N(Cc1ccc(F)cc1F)S(=O)(=O)c1ccc(Cl)cc1. The molecule has 5 nitrogen and oxygen atoms in total. The number of nitrogens with zero attached hydrogens (tertiary/aromatic N) is 1. The maximum absolute atomic E-state index is 14.1. The zero-order chi connectivity index (χ0) is 18.9. The lowest BCUT2D eigenvalue weighted by Crippen LogP contribution is -2.44. The van der Waals surface area contributed by atoms with E-state index >= 15 is 0 Å². The molecule has 1 atom stereocenters. The van der Waals surface area contributed by atoms with Gasteiger partial charge in [0.25, 0.3) is 0 Å². The Hall–Kier alpha value is -2.03. The van der Waals surface area contributed by atoms with Crippen molar-refractivity contribution in [3.63, 3.8) is 0 Å². The van der Waals surface area contributed by atoms with Gasteiger partial charge in [-0.05, 0) is 36.8 Å². The molecule has 138 valence electrons. The van der Waals surface area contributed by atoms with Gasteiger partial charge in [-0.3, -0.25) is 4.79 Å². The molecule has 1 amide bonds. The maximum Gasteiger partial charge on any atom is 0.244 e. The molecule has 0 aliphatic carbocycles. The molecule has 26 heavy (non-hydrogen) atoms. The smallest absolute Gasteiger partial charge is 0.244 e. The summed E-state index contributed by atoms with van der Waals surface area (Å²) in [5.74, 6) is -2.10. The van der Waals surface area contributed by atoms with E-state index in [9.17, 15) is 22.0 Å². The van der Waals surface area contributed by atoms with Crippen molar-refractivity contribution in [2.45, 2.75) is 23.9 Å². The third kappa shape index (κ3) is 3.72. The fourth-order valence-corrected chi connectivity index (χ4v) is 4.50. The summed E-state index contributed by atoms with van der Waals surface area (Å²) in [6, 6.07) is 7.39. The minimum Gasteiger partial charge on any atom is -0.355 e. The van der Waals surface area contributed by atoms with Gasteiger partial charge in [0, 0.05) is 29.7 Å². The highest BCUT2D eigenvalue weighted by Gasteiger charge is 2.38. The van der Waals surface area contributed by atoms with Gasteiger partial charge in [-0.25, -0.2) is 17.2 Å². The quantitative estimate of drug-likeness (QED) is 0.839. The van der Waals surface area contributed by atoms with Crippen molar-refractivity contribution in [3.8, 4) is 0 Å². The predicted molar refractivity (Wildman–Crippen MR) is 92.0 cm³/mol. The number of nitrogens with one attached hydrogen (secondary N) is 1. The summed E-state index contributed by atoms with van der Waals surface area (Å²) in [5.41, 5.74) is -0.0244. The zero-order valence-corrected chi connectivity index (χ0v) is 15.0. The molecule has 1 saturated heterocycles. The lowest BCUT2D eigenvalue weighted by molar-refractivity contribution is -0.122. The Bertz CT molecular complexity index is 936. The molecule has 1 heterocycles. The van der Waals surface area contributed by atoms with Gasteiger partial charge in [0.1, 0.15) is 17.7 Å². The number of rotatable bonds is 5. The number of hydrogen-bond donors (Lipinski definition) is 1. The molecule has 9 heteroatoms. The molecular formula is C17H15ClF2N2O3S. The number of carbonyl (C=O) groups excluding carboxylic acids is 1. The number of halogens is 3. The van der Waals surface area contributed by atoms with Crippen LogP contribution in [0.4, 0.5) is 8.78 Å². The molecular weight excluding hydrogens is 386 g/mol. The van der Waals surface area contributed by atoms with Crippen LogP contribution in [0.1, 0.15) is 12.0 Å². The van der Waals surface area contributed by atoms with Crippen LogP contribution < -0.4 is 5.32 Å². The van der Waals surface area contributed by atoms with Crippen LogP contribution in [0, 0.1) is 11.6 Å². The van der Waals surface area contributed by atoms with E-state index in [1.165, 1.54) is 30.3 Å². The van der Waals surface area contributed by atoms with E-state index in [4.69, 9.17) is 11.6 Å². The number of hydrogen-bond acceptors (Lipinski definition) is 3. The average Bonchev–Trinajstić information content (AvgIpc) is 3.00. The molecule has 1 N–H and O–H groups in total. The largest absolute Gasteiger partial charge is 0.355 e. The number of amides is 1. The van der Waals surface area contributed by atoms with Gasteiger partial charge in [-0.1, -0.05) is 17.7 Å². The second-order valence-electron chi connectivity index (χ2n) is 5.84. The van der Waals surface area contributed by atoms with Crippen LogP contribution in [0.15, 0.2) is 47.4 Å². The second-order valence-corrected chi connectivity index (χ2v) is 8.16. The summed E-state index contributed by atoms with van der Waals surface area (Å²) in [4.78, 5) is 12.0. The van der Waals surface area contributed by atoms with Crippen molar-refractivity contribution in [3.05, 3.63) is 64.7 Å². The summed E-state index contributed by atoms with van der Waals surface area (Å²) in [6.07, 6.45) is 0.258. The first-order valence-corrected chi connectivity index (χ1v) is 9.60. The third-order valence-electron chi connectivity index (χ3n) is 4.13. The highest BCUT2D eigenvalue weighted by Crippen LogP contribution is 2.26. The van der Waals surface area contributed by atoms with Crippen molar-refractivity contribution in [1.29, 1.82) is 0 Å². The zero-order valence-electron chi connectivity index (χ0n) is 13.5. The second kappa shape index (κ2) is 7.30. The molecule has 2 aromatic carbocycles. The molecule has 2 aromatic rings. The van der Waals surface area contributed by atoms with Crippen LogP contribution in [0.2, 0.25) is 5.02 Å². The van der Waals surface area contributed by atoms with Gasteiger partial charge in [-0.15, -0.1) is 0 Å². The fraction of sp³-hybridized carbons (Fsp3) is 0.235. The van der Waals surface area contributed by atoms with E-state index in [1.54, 1.807) is 0 Å². The van der Waals surface area contributed by atoms with Crippen LogP contribution in [0.5, 0.6) is 0 Å². The molecule has 0 saturated carbocycles. The minimum absolute atomic E-state index is 0.0244. The first-order valence-electron chi connectivity index (χ1n) is 7.78. The molecule has 1 unspecified atom stereocenters. The molecule has 0 aromatic heterocycles. The Kier molecular flexibility index (Phi) is 5.27. The first kappa shape index (κ1) is 18.8. The van der Waals surface area contributed by atoms with Gasteiger partial charge in [0.15, 0.2) is 0 Å². The third-order valence-corrected chi connectivity index (χ3v) is 6.25. The number of carbonyl (C=O) groups is 1. The van der Waals surface area contributed by atoms with Gasteiger partial charge in [-0.2, -0.15) is 4.31 Å². The number of sulfonamides is 1. The topological polar surface area (TPSA) is 66.5 Å². The molecule has 0 radical (unpaired) electrons. The Balaban J connectivity index is 2.03. The maximum atomic E-state index is 14.1. The van der Waals surface area contributed by atoms with Gasteiger partial charge < -0.3 is 5.32 Å². The van der Waals surface area contributed by atoms with Gasteiger partial charge >= 0.3 is 0 Å². The van der Waals surface area contributed by atoms with E-state index in [1.807, 2.05) is 0 Å². The van der Waals surface area contributed by atoms with E-state index in [0.717, 1.165) is 10.4 Å². The minimum atomic E-state index is -4.11. The van der Waals surface area contributed by atoms with Crippen molar-refractivity contribution in [1.82, 2.24) is 9.62 Å². The summed E-state index contributed by atoms with van der Waals surface area (Å²) >= 11 is 5.80. The van der Waals surface area contributed by atoms with Crippen LogP contribution in [-0.4, -0.2) is 31.2 Å². The first-order chi connectivity index (χ1) is 12.3. The summed E-state index contributed by atoms with van der Waals surface area (Å²) in [7, 11) is -4.11. The molecule has 3 rings (SSSR count). The molecule has 0 bridgehead atoms. The monoisotopic (exact) mass is 400 g/mol. The van der Waals surface area contributed by atoms with E-state index in [-0.39, 0.29) is 16.9 Å². The summed E-state index contributed by atoms with van der Waals surface area (Å²) in [6.45, 7) is -0.0722. The van der Waals surface area contributed by atoms with Crippen LogP contribution >= 0.6 is 11.6 Å². The fourth-order valence-electron chi connectivity index (χ4n) is 2.78. The average molecular weight is 401 g/mol. The molecule has 1 aliphatic heterocycles. The van der Waals surface area contributed by atoms with Crippen molar-refractivity contribution < 1.29 is 22.0 Å². The highest BCUT2D eigenvalue weighted by molar-refractivity contribution is 7.89. The number of benzene rings is 2. The van der Waals surface area contributed by atoms with Crippen molar-refractivity contribution >= 4 is 27.5 Å². The van der Waals surface area contributed by atoms with E-state index in [2.05, 4.69) is 5.32 Å².